The molecule has 0 bridgehead atoms. The molecule has 0 amide bonds. The van der Waals surface area contributed by atoms with Gasteiger partial charge in [-0.25, -0.2) is 9.97 Å². The number of hydrogen-bond acceptors (Lipinski definition) is 6. The monoisotopic (exact) mass is 302 g/mol. The molecule has 19 heavy (non-hydrogen) atoms. The maximum absolute atomic E-state index is 9.75. The van der Waals surface area contributed by atoms with E-state index < -0.39 is 18.4 Å². The van der Waals surface area contributed by atoms with Crippen molar-refractivity contribution in [3.8, 4) is 0 Å². The van der Waals surface area contributed by atoms with E-state index in [0.717, 1.165) is 0 Å². The zero-order valence-electron chi connectivity index (χ0n) is 9.65. The quantitative estimate of drug-likeness (QED) is 0.560. The summed E-state index contributed by atoms with van der Waals surface area (Å²) < 4.78 is 7.55. The minimum absolute atomic E-state index is 0.163. The summed E-state index contributed by atoms with van der Waals surface area (Å²) in [6, 6.07) is 0. The standard InChI is InChI=1S/C10H11ClN4O3S/c11-10-13-8-7(9(19)14-10)12-3-15(8)6-1-4(17)5(2-16)18-6/h3-6,16-17H,1-2H2,(H,13,14,19)/t4-,5+,6-/m1/s1. The summed E-state index contributed by atoms with van der Waals surface area (Å²) in [6.45, 7) is -0.234. The predicted molar refractivity (Wildman–Crippen MR) is 69.3 cm³/mol. The molecule has 0 unspecified atom stereocenters. The molecule has 102 valence electrons. The zero-order valence-corrected chi connectivity index (χ0v) is 11.2. The van der Waals surface area contributed by atoms with Crippen LogP contribution in [0.15, 0.2) is 6.33 Å². The van der Waals surface area contributed by atoms with Crippen molar-refractivity contribution in [1.82, 2.24) is 19.5 Å². The van der Waals surface area contributed by atoms with Gasteiger partial charge < -0.3 is 19.9 Å². The van der Waals surface area contributed by atoms with Crippen molar-refractivity contribution >= 4 is 35.0 Å². The minimum Gasteiger partial charge on any atom is -0.394 e. The molecular formula is C10H11ClN4O3S. The number of fused-ring (bicyclic) bond motifs is 1. The lowest BCUT2D eigenvalue weighted by molar-refractivity contribution is -0.0432. The largest absolute Gasteiger partial charge is 0.394 e. The van der Waals surface area contributed by atoms with Crippen molar-refractivity contribution in [1.29, 1.82) is 0 Å². The molecule has 7 nitrogen and oxygen atoms in total. The Morgan fingerprint density at radius 2 is 2.42 bits per heavy atom. The highest BCUT2D eigenvalue weighted by Gasteiger charge is 2.35. The predicted octanol–water partition coefficient (Wildman–Crippen LogP) is 0.783. The molecule has 3 heterocycles. The van der Waals surface area contributed by atoms with Crippen LogP contribution >= 0.6 is 23.8 Å². The number of imidazole rings is 1. The van der Waals surface area contributed by atoms with Crippen LogP contribution in [0.3, 0.4) is 0 Å². The lowest BCUT2D eigenvalue weighted by Gasteiger charge is -2.13. The van der Waals surface area contributed by atoms with E-state index in [4.69, 9.17) is 33.7 Å². The van der Waals surface area contributed by atoms with Gasteiger partial charge in [-0.3, -0.25) is 4.57 Å². The third-order valence-corrected chi connectivity index (χ3v) is 3.58. The number of hydrogen-bond donors (Lipinski definition) is 3. The minimum atomic E-state index is -0.715. The molecule has 0 saturated carbocycles. The number of aromatic nitrogens is 4. The lowest BCUT2D eigenvalue weighted by atomic mass is 10.2. The summed E-state index contributed by atoms with van der Waals surface area (Å²) in [5, 5.41) is 19.0. The molecule has 0 aromatic carbocycles. The van der Waals surface area contributed by atoms with E-state index in [9.17, 15) is 5.11 Å². The van der Waals surface area contributed by atoms with Crippen molar-refractivity contribution in [3.05, 3.63) is 16.3 Å². The van der Waals surface area contributed by atoms with Gasteiger partial charge in [-0.2, -0.15) is 0 Å². The number of nitrogens with zero attached hydrogens (tertiary/aromatic N) is 3. The van der Waals surface area contributed by atoms with Crippen LogP contribution in [0.5, 0.6) is 0 Å². The molecular weight excluding hydrogens is 292 g/mol. The molecule has 1 aliphatic rings. The summed E-state index contributed by atoms with van der Waals surface area (Å²) in [4.78, 5) is 10.9. The average Bonchev–Trinajstić information content (AvgIpc) is 2.92. The van der Waals surface area contributed by atoms with Crippen molar-refractivity contribution in [2.75, 3.05) is 6.61 Å². The van der Waals surface area contributed by atoms with Crippen LogP contribution in [0, 0.1) is 4.64 Å². The molecule has 0 radical (unpaired) electrons. The van der Waals surface area contributed by atoms with Crippen molar-refractivity contribution in [2.45, 2.75) is 24.9 Å². The van der Waals surface area contributed by atoms with Crippen molar-refractivity contribution < 1.29 is 14.9 Å². The lowest BCUT2D eigenvalue weighted by Crippen LogP contribution is -2.24. The Labute approximate surface area is 117 Å². The van der Waals surface area contributed by atoms with E-state index in [1.165, 1.54) is 0 Å². The molecule has 1 saturated heterocycles. The second-order valence-electron chi connectivity index (χ2n) is 4.30. The maximum Gasteiger partial charge on any atom is 0.203 e. The average molecular weight is 303 g/mol. The van der Waals surface area contributed by atoms with Gasteiger partial charge in [0.2, 0.25) is 5.28 Å². The molecule has 0 aliphatic carbocycles. The van der Waals surface area contributed by atoms with E-state index in [1.54, 1.807) is 10.9 Å². The number of ether oxygens (including phenoxy) is 1. The Morgan fingerprint density at radius 1 is 1.63 bits per heavy atom. The van der Waals surface area contributed by atoms with Crippen LogP contribution < -0.4 is 0 Å². The first-order valence-corrected chi connectivity index (χ1v) is 6.45. The topological polar surface area (TPSA) is 96.2 Å². The van der Waals surface area contributed by atoms with Gasteiger partial charge in [-0.1, -0.05) is 12.2 Å². The summed E-state index contributed by atoms with van der Waals surface area (Å²) in [5.41, 5.74) is 1.10. The molecule has 3 atom stereocenters. The van der Waals surface area contributed by atoms with Crippen LogP contribution in [0.2, 0.25) is 5.28 Å². The smallest absolute Gasteiger partial charge is 0.203 e. The van der Waals surface area contributed by atoms with Crippen LogP contribution in [-0.2, 0) is 4.74 Å². The third-order valence-electron chi connectivity index (χ3n) is 3.11. The van der Waals surface area contributed by atoms with Gasteiger partial charge in [0.05, 0.1) is 19.0 Å². The Bertz CT molecular complexity index is 672. The number of aliphatic hydroxyl groups is 2. The number of halogens is 1. The first kappa shape index (κ1) is 12.9. The Morgan fingerprint density at radius 3 is 3.11 bits per heavy atom. The van der Waals surface area contributed by atoms with Crippen LogP contribution in [0.25, 0.3) is 11.2 Å². The van der Waals surface area contributed by atoms with Crippen LogP contribution in [-0.4, -0.2) is 48.5 Å². The molecule has 0 spiro atoms. The third kappa shape index (κ3) is 2.15. The number of aromatic amines is 1. The first-order chi connectivity index (χ1) is 9.10. The molecule has 3 rings (SSSR count). The van der Waals surface area contributed by atoms with Crippen molar-refractivity contribution in [3.63, 3.8) is 0 Å². The molecule has 2 aromatic heterocycles. The highest BCUT2D eigenvalue weighted by atomic mass is 35.5. The van der Waals surface area contributed by atoms with Gasteiger partial charge in [-0.15, -0.1) is 0 Å². The fourth-order valence-electron chi connectivity index (χ4n) is 2.18. The van der Waals surface area contributed by atoms with Gasteiger partial charge in [0.15, 0.2) is 4.64 Å². The van der Waals surface area contributed by atoms with Crippen LogP contribution in [0.1, 0.15) is 12.6 Å². The van der Waals surface area contributed by atoms with E-state index in [2.05, 4.69) is 15.0 Å². The molecule has 2 aromatic rings. The summed E-state index contributed by atoms with van der Waals surface area (Å²) in [6.07, 6.45) is 0.167. The number of rotatable bonds is 2. The van der Waals surface area contributed by atoms with E-state index in [0.29, 0.717) is 22.2 Å². The first-order valence-electron chi connectivity index (χ1n) is 5.67. The van der Waals surface area contributed by atoms with E-state index >= 15 is 0 Å². The summed E-state index contributed by atoms with van der Waals surface area (Å²) >= 11 is 10.9. The number of aliphatic hydroxyl groups excluding tert-OH is 2. The van der Waals surface area contributed by atoms with Gasteiger partial charge in [0, 0.05) is 6.42 Å². The SMILES string of the molecule is OC[C@@H]1O[C@@H](n2cnc3c(=S)nc(Cl)[nH]c32)C[C@H]1O. The Hall–Kier alpha value is -1.06. The van der Waals surface area contributed by atoms with Gasteiger partial charge in [0.1, 0.15) is 23.5 Å². The Kier molecular flexibility index (Phi) is 3.27. The maximum atomic E-state index is 9.75. The second kappa shape index (κ2) is 4.80. The number of H-pyrrole nitrogens is 1. The zero-order chi connectivity index (χ0) is 13.6. The van der Waals surface area contributed by atoms with Crippen LogP contribution in [0.4, 0.5) is 0 Å². The van der Waals surface area contributed by atoms with Crippen molar-refractivity contribution in [2.24, 2.45) is 0 Å². The fourth-order valence-corrected chi connectivity index (χ4v) is 2.64. The van der Waals surface area contributed by atoms with Gasteiger partial charge in [-0.05, 0) is 11.6 Å². The molecule has 1 aliphatic heterocycles. The second-order valence-corrected chi connectivity index (χ2v) is 5.04. The number of nitrogens with one attached hydrogen (secondary N) is 1. The normalized spacial score (nSPS) is 27.2. The molecule has 1 fully saturated rings. The summed E-state index contributed by atoms with van der Waals surface area (Å²) in [7, 11) is 0. The van der Waals surface area contributed by atoms with Gasteiger partial charge >= 0.3 is 0 Å². The highest BCUT2D eigenvalue weighted by Crippen LogP contribution is 2.30. The fraction of sp³-hybridized carbons (Fsp3) is 0.500. The highest BCUT2D eigenvalue weighted by molar-refractivity contribution is 7.71. The van der Waals surface area contributed by atoms with E-state index in [-0.39, 0.29) is 11.9 Å². The molecule has 3 N–H and O–H groups in total. The van der Waals surface area contributed by atoms with Gasteiger partial charge in [0.25, 0.3) is 0 Å². The summed E-state index contributed by atoms with van der Waals surface area (Å²) in [5.74, 6) is 0. The Balaban J connectivity index is 2.05. The molecule has 9 heteroatoms. The van der Waals surface area contributed by atoms with E-state index in [1.807, 2.05) is 0 Å².